The van der Waals surface area contributed by atoms with Gasteiger partial charge in [-0.1, -0.05) is 6.07 Å². The Balaban J connectivity index is 3.08. The molecule has 0 aromatic heterocycles. The molecule has 7 heteroatoms. The fourth-order valence-electron chi connectivity index (χ4n) is 0.937. The van der Waals surface area contributed by atoms with Gasteiger partial charge in [-0.3, -0.25) is 20.2 Å². The van der Waals surface area contributed by atoms with Crippen molar-refractivity contribution in [2.24, 2.45) is 0 Å². The molecule has 15 heavy (non-hydrogen) atoms. The lowest BCUT2D eigenvalue weighted by molar-refractivity contribution is -0.400. The molecule has 1 N–H and O–H groups in total. The molecule has 0 aliphatic heterocycles. The van der Waals surface area contributed by atoms with Crippen LogP contribution >= 0.6 is 0 Å². The van der Waals surface area contributed by atoms with Gasteiger partial charge in [0.1, 0.15) is 0 Å². The Hall–Kier alpha value is -2.44. The summed E-state index contributed by atoms with van der Waals surface area (Å²) in [6.07, 6.45) is 1.77. The van der Waals surface area contributed by atoms with Crippen LogP contribution in [0.3, 0.4) is 0 Å². The molecule has 0 heterocycles. The van der Waals surface area contributed by atoms with Crippen molar-refractivity contribution in [2.45, 2.75) is 0 Å². The number of aromatic hydroxyl groups is 1. The maximum atomic E-state index is 10.4. The summed E-state index contributed by atoms with van der Waals surface area (Å²) in [4.78, 5) is 18.9. The first-order chi connectivity index (χ1) is 7.00. The van der Waals surface area contributed by atoms with Crippen molar-refractivity contribution < 1.29 is 15.0 Å². The molecule has 0 aliphatic rings. The Morgan fingerprint density at radius 3 is 2.47 bits per heavy atom. The first-order valence-corrected chi connectivity index (χ1v) is 3.80. The summed E-state index contributed by atoms with van der Waals surface area (Å²) in [6, 6.07) is 3.50. The first-order valence-electron chi connectivity index (χ1n) is 3.80. The smallest absolute Gasteiger partial charge is 0.311 e. The number of phenols is 1. The van der Waals surface area contributed by atoms with Gasteiger partial charge in [-0.2, -0.15) is 0 Å². The number of rotatable bonds is 3. The van der Waals surface area contributed by atoms with Gasteiger partial charge in [-0.25, -0.2) is 0 Å². The second-order valence-corrected chi connectivity index (χ2v) is 2.61. The van der Waals surface area contributed by atoms with Crippen molar-refractivity contribution in [1.29, 1.82) is 0 Å². The van der Waals surface area contributed by atoms with E-state index in [1.54, 1.807) is 0 Å². The van der Waals surface area contributed by atoms with Gasteiger partial charge in [-0.15, -0.1) is 0 Å². The average molecular weight is 210 g/mol. The van der Waals surface area contributed by atoms with Crippen molar-refractivity contribution in [3.8, 4) is 5.75 Å². The standard InChI is InChI=1S/C8H6N2O5/c11-8-2-1-6(3-4-9(12)13)5-7(8)10(14)15/h1-5,11H/b4-3-. The molecule has 1 rings (SSSR count). The molecule has 0 saturated carbocycles. The minimum absolute atomic E-state index is 0.274. The van der Waals surface area contributed by atoms with Crippen molar-refractivity contribution in [2.75, 3.05) is 0 Å². The van der Waals surface area contributed by atoms with Gasteiger partial charge < -0.3 is 5.11 Å². The van der Waals surface area contributed by atoms with E-state index in [1.165, 1.54) is 6.07 Å². The van der Waals surface area contributed by atoms with Crippen LogP contribution in [0, 0.1) is 20.2 Å². The molecule has 0 saturated heterocycles. The molecule has 0 unspecified atom stereocenters. The number of nitrogens with zero attached hydrogens (tertiary/aromatic N) is 2. The van der Waals surface area contributed by atoms with Crippen molar-refractivity contribution in [1.82, 2.24) is 0 Å². The Labute approximate surface area is 83.6 Å². The zero-order valence-electron chi connectivity index (χ0n) is 7.36. The van der Waals surface area contributed by atoms with Crippen LogP contribution in [0.5, 0.6) is 5.75 Å². The molecular weight excluding hydrogens is 204 g/mol. The van der Waals surface area contributed by atoms with Gasteiger partial charge in [0.15, 0.2) is 5.75 Å². The molecule has 0 bridgehead atoms. The molecule has 0 amide bonds. The van der Waals surface area contributed by atoms with E-state index in [9.17, 15) is 20.2 Å². The van der Waals surface area contributed by atoms with Gasteiger partial charge in [-0.05, 0) is 11.6 Å². The van der Waals surface area contributed by atoms with E-state index in [0.29, 0.717) is 6.20 Å². The minimum Gasteiger partial charge on any atom is -0.502 e. The van der Waals surface area contributed by atoms with Crippen molar-refractivity contribution in [3.05, 3.63) is 50.2 Å². The molecule has 0 atom stereocenters. The zero-order valence-corrected chi connectivity index (χ0v) is 7.36. The number of hydrogen-bond donors (Lipinski definition) is 1. The summed E-state index contributed by atoms with van der Waals surface area (Å²) < 4.78 is 0. The van der Waals surface area contributed by atoms with Crippen LogP contribution in [-0.4, -0.2) is 15.0 Å². The maximum absolute atomic E-state index is 10.4. The predicted molar refractivity (Wildman–Crippen MR) is 50.8 cm³/mol. The highest BCUT2D eigenvalue weighted by atomic mass is 16.6. The second kappa shape index (κ2) is 4.18. The lowest BCUT2D eigenvalue weighted by Crippen LogP contribution is -1.89. The van der Waals surface area contributed by atoms with E-state index in [0.717, 1.165) is 18.2 Å². The van der Waals surface area contributed by atoms with Gasteiger partial charge in [0.05, 0.1) is 9.85 Å². The molecule has 1 aromatic carbocycles. The second-order valence-electron chi connectivity index (χ2n) is 2.61. The monoisotopic (exact) mass is 210 g/mol. The summed E-state index contributed by atoms with van der Waals surface area (Å²) in [5.74, 6) is -0.474. The Morgan fingerprint density at radius 2 is 1.93 bits per heavy atom. The average Bonchev–Trinajstić information content (AvgIpc) is 2.16. The van der Waals surface area contributed by atoms with E-state index in [-0.39, 0.29) is 5.56 Å². The fourth-order valence-corrected chi connectivity index (χ4v) is 0.937. The Kier molecular flexibility index (Phi) is 2.97. The normalized spacial score (nSPS) is 10.4. The van der Waals surface area contributed by atoms with Crippen LogP contribution in [0.15, 0.2) is 24.4 Å². The van der Waals surface area contributed by atoms with Crippen LogP contribution in [0.1, 0.15) is 5.56 Å². The summed E-state index contributed by atoms with van der Waals surface area (Å²) in [7, 11) is 0. The molecule has 78 valence electrons. The van der Waals surface area contributed by atoms with E-state index < -0.39 is 21.3 Å². The zero-order chi connectivity index (χ0) is 11.4. The summed E-state index contributed by atoms with van der Waals surface area (Å²) in [5, 5.41) is 29.5. The van der Waals surface area contributed by atoms with Gasteiger partial charge in [0.2, 0.25) is 6.20 Å². The quantitative estimate of drug-likeness (QED) is 0.601. The van der Waals surface area contributed by atoms with E-state index in [2.05, 4.69) is 0 Å². The fraction of sp³-hybridized carbons (Fsp3) is 0. The summed E-state index contributed by atoms with van der Waals surface area (Å²) in [6.45, 7) is 0. The highest BCUT2D eigenvalue weighted by Crippen LogP contribution is 2.26. The van der Waals surface area contributed by atoms with Crippen LogP contribution in [0.4, 0.5) is 5.69 Å². The van der Waals surface area contributed by atoms with E-state index in [4.69, 9.17) is 5.11 Å². The predicted octanol–water partition coefficient (Wildman–Crippen LogP) is 1.55. The van der Waals surface area contributed by atoms with Crippen LogP contribution in [0.25, 0.3) is 6.08 Å². The lowest BCUT2D eigenvalue weighted by Gasteiger charge is -1.96. The molecule has 1 aromatic rings. The van der Waals surface area contributed by atoms with Crippen LogP contribution in [-0.2, 0) is 0 Å². The highest BCUT2D eigenvalue weighted by Gasteiger charge is 2.12. The van der Waals surface area contributed by atoms with Crippen LogP contribution in [0.2, 0.25) is 0 Å². The number of hydrogen-bond acceptors (Lipinski definition) is 5. The first kappa shape index (κ1) is 10.6. The third-order valence-electron chi connectivity index (χ3n) is 1.58. The number of benzene rings is 1. The third-order valence-corrected chi connectivity index (χ3v) is 1.58. The molecule has 7 nitrogen and oxygen atoms in total. The molecular formula is C8H6N2O5. The number of phenolic OH excluding ortho intramolecular Hbond substituents is 1. The van der Waals surface area contributed by atoms with Crippen LogP contribution < -0.4 is 0 Å². The van der Waals surface area contributed by atoms with Crippen molar-refractivity contribution >= 4 is 11.8 Å². The highest BCUT2D eigenvalue weighted by molar-refractivity contribution is 5.57. The van der Waals surface area contributed by atoms with Crippen molar-refractivity contribution in [3.63, 3.8) is 0 Å². The van der Waals surface area contributed by atoms with Gasteiger partial charge in [0.25, 0.3) is 0 Å². The summed E-state index contributed by atoms with van der Waals surface area (Å²) >= 11 is 0. The topological polar surface area (TPSA) is 107 Å². The summed E-state index contributed by atoms with van der Waals surface area (Å²) in [5.41, 5.74) is -0.211. The number of nitro benzene ring substituents is 1. The van der Waals surface area contributed by atoms with E-state index >= 15 is 0 Å². The third kappa shape index (κ3) is 2.76. The molecule has 0 fully saturated rings. The lowest BCUT2D eigenvalue weighted by atomic mass is 10.2. The molecule has 0 aliphatic carbocycles. The van der Waals surface area contributed by atoms with Gasteiger partial charge in [0, 0.05) is 12.1 Å². The minimum atomic E-state index is -0.765. The largest absolute Gasteiger partial charge is 0.502 e. The number of nitro groups is 2. The molecule has 0 radical (unpaired) electrons. The molecule has 0 spiro atoms. The Bertz CT molecular complexity index is 441. The Morgan fingerprint density at radius 1 is 1.27 bits per heavy atom. The van der Waals surface area contributed by atoms with Gasteiger partial charge >= 0.3 is 5.69 Å². The SMILES string of the molecule is O=[N+]([O-])/C=C\c1ccc(O)c([N+](=O)[O-])c1. The maximum Gasteiger partial charge on any atom is 0.311 e. The van der Waals surface area contributed by atoms with E-state index in [1.807, 2.05) is 0 Å².